The number of anilines is 1. The number of hydrogen-bond acceptors (Lipinski definition) is 5. The summed E-state index contributed by atoms with van der Waals surface area (Å²) in [5.74, 6) is -0.0212. The summed E-state index contributed by atoms with van der Waals surface area (Å²) in [5, 5.41) is 6.69. The normalized spacial score (nSPS) is 10.5. The Hall–Kier alpha value is -4.00. The standard InChI is InChI=1S/C22H20N4O3/c1-16-4-8-19(9-5-16)25-21(27)15-29-20-10-6-17(7-11-20)13-24-26-22(28)18-3-2-12-23-14-18/h2-14H,15H2,1H3,(H,25,27)(H,26,28)/b24-13-. The number of nitrogens with one attached hydrogen (secondary N) is 2. The Morgan fingerprint density at radius 1 is 1.07 bits per heavy atom. The Kier molecular flexibility index (Phi) is 6.67. The first kappa shape index (κ1) is 19.8. The third kappa shape index (κ3) is 6.28. The van der Waals surface area contributed by atoms with Gasteiger partial charge < -0.3 is 10.1 Å². The number of rotatable bonds is 7. The maximum absolute atomic E-state index is 12.0. The molecule has 2 amide bonds. The Labute approximate surface area is 168 Å². The van der Waals surface area contributed by atoms with E-state index in [1.807, 2.05) is 31.2 Å². The third-order valence-electron chi connectivity index (χ3n) is 3.89. The number of aromatic nitrogens is 1. The van der Waals surface area contributed by atoms with Gasteiger partial charge in [0, 0.05) is 18.1 Å². The van der Waals surface area contributed by atoms with Gasteiger partial charge in [0.05, 0.1) is 11.8 Å². The maximum Gasteiger partial charge on any atom is 0.272 e. The van der Waals surface area contributed by atoms with E-state index in [-0.39, 0.29) is 18.4 Å². The van der Waals surface area contributed by atoms with Crippen LogP contribution in [-0.2, 0) is 4.79 Å². The molecule has 1 heterocycles. The molecule has 3 aromatic rings. The summed E-state index contributed by atoms with van der Waals surface area (Å²) in [7, 11) is 0. The van der Waals surface area contributed by atoms with Crippen molar-refractivity contribution in [2.24, 2.45) is 5.10 Å². The fourth-order valence-electron chi connectivity index (χ4n) is 2.36. The molecule has 7 nitrogen and oxygen atoms in total. The minimum atomic E-state index is -0.339. The molecule has 0 saturated heterocycles. The van der Waals surface area contributed by atoms with Gasteiger partial charge in [-0.15, -0.1) is 0 Å². The van der Waals surface area contributed by atoms with E-state index in [2.05, 4.69) is 20.8 Å². The zero-order valence-electron chi connectivity index (χ0n) is 15.8. The molecule has 0 aliphatic heterocycles. The van der Waals surface area contributed by atoms with E-state index in [1.165, 1.54) is 12.4 Å². The molecule has 3 rings (SSSR count). The smallest absolute Gasteiger partial charge is 0.272 e. The van der Waals surface area contributed by atoms with Crippen molar-refractivity contribution < 1.29 is 14.3 Å². The molecule has 0 aliphatic rings. The summed E-state index contributed by atoms with van der Waals surface area (Å²) in [4.78, 5) is 27.7. The fourth-order valence-corrected chi connectivity index (χ4v) is 2.36. The van der Waals surface area contributed by atoms with Gasteiger partial charge in [-0.25, -0.2) is 5.43 Å². The van der Waals surface area contributed by atoms with Crippen LogP contribution in [0.5, 0.6) is 5.75 Å². The number of ether oxygens (including phenoxy) is 1. The van der Waals surface area contributed by atoms with Crippen molar-refractivity contribution in [2.45, 2.75) is 6.92 Å². The van der Waals surface area contributed by atoms with E-state index in [4.69, 9.17) is 4.74 Å². The minimum Gasteiger partial charge on any atom is -0.484 e. The van der Waals surface area contributed by atoms with Crippen LogP contribution < -0.4 is 15.5 Å². The summed E-state index contributed by atoms with van der Waals surface area (Å²) in [6.07, 6.45) is 4.57. The molecule has 0 aliphatic carbocycles. The monoisotopic (exact) mass is 388 g/mol. The number of hydrogen-bond donors (Lipinski definition) is 2. The lowest BCUT2D eigenvalue weighted by molar-refractivity contribution is -0.118. The molecule has 0 radical (unpaired) electrons. The molecule has 146 valence electrons. The van der Waals surface area contributed by atoms with E-state index in [0.29, 0.717) is 11.3 Å². The molecule has 0 bridgehead atoms. The van der Waals surface area contributed by atoms with Gasteiger partial charge in [0.1, 0.15) is 5.75 Å². The van der Waals surface area contributed by atoms with Crippen LogP contribution in [0.3, 0.4) is 0 Å². The predicted molar refractivity (Wildman–Crippen MR) is 111 cm³/mol. The quantitative estimate of drug-likeness (QED) is 0.480. The van der Waals surface area contributed by atoms with Crippen molar-refractivity contribution >= 4 is 23.7 Å². The lowest BCUT2D eigenvalue weighted by Gasteiger charge is -2.08. The highest BCUT2D eigenvalue weighted by Crippen LogP contribution is 2.12. The third-order valence-corrected chi connectivity index (χ3v) is 3.89. The highest BCUT2D eigenvalue weighted by atomic mass is 16.5. The second kappa shape index (κ2) is 9.80. The van der Waals surface area contributed by atoms with Crippen molar-refractivity contribution in [3.05, 3.63) is 89.7 Å². The predicted octanol–water partition coefficient (Wildman–Crippen LogP) is 3.17. The van der Waals surface area contributed by atoms with Crippen LogP contribution in [-0.4, -0.2) is 29.6 Å². The van der Waals surface area contributed by atoms with Crippen molar-refractivity contribution in [2.75, 3.05) is 11.9 Å². The largest absolute Gasteiger partial charge is 0.484 e. The molecule has 0 atom stereocenters. The summed E-state index contributed by atoms with van der Waals surface area (Å²) in [5.41, 5.74) is 5.48. The number of benzene rings is 2. The van der Waals surface area contributed by atoms with Crippen LogP contribution in [0.2, 0.25) is 0 Å². The Balaban J connectivity index is 1.45. The van der Waals surface area contributed by atoms with Crippen molar-refractivity contribution in [1.82, 2.24) is 10.4 Å². The van der Waals surface area contributed by atoms with Crippen molar-refractivity contribution in [1.29, 1.82) is 0 Å². The molecule has 29 heavy (non-hydrogen) atoms. The number of nitrogens with zero attached hydrogens (tertiary/aromatic N) is 2. The molecular weight excluding hydrogens is 368 g/mol. The number of pyridine rings is 1. The lowest BCUT2D eigenvalue weighted by atomic mass is 10.2. The Morgan fingerprint density at radius 2 is 1.83 bits per heavy atom. The average Bonchev–Trinajstić information content (AvgIpc) is 2.75. The number of carbonyl (C=O) groups is 2. The molecule has 0 saturated carbocycles. The van der Waals surface area contributed by atoms with E-state index < -0.39 is 0 Å². The number of aryl methyl sites for hydroxylation is 1. The molecule has 0 spiro atoms. The maximum atomic E-state index is 12.0. The molecule has 0 fully saturated rings. The van der Waals surface area contributed by atoms with Gasteiger partial charge in [0.2, 0.25) is 0 Å². The second-order valence-corrected chi connectivity index (χ2v) is 6.21. The SMILES string of the molecule is Cc1ccc(NC(=O)COc2ccc(/C=N\NC(=O)c3cccnc3)cc2)cc1. The van der Waals surface area contributed by atoms with Gasteiger partial charge >= 0.3 is 0 Å². The number of carbonyl (C=O) groups excluding carboxylic acids is 2. The molecular formula is C22H20N4O3. The van der Waals surface area contributed by atoms with Gasteiger partial charge in [-0.1, -0.05) is 17.7 Å². The van der Waals surface area contributed by atoms with Crippen LogP contribution in [0.25, 0.3) is 0 Å². The van der Waals surface area contributed by atoms with Gasteiger partial charge in [-0.05, 0) is 61.0 Å². The summed E-state index contributed by atoms with van der Waals surface area (Å²) < 4.78 is 5.49. The average molecular weight is 388 g/mol. The van der Waals surface area contributed by atoms with Gasteiger partial charge in [0.25, 0.3) is 11.8 Å². The molecule has 2 aromatic carbocycles. The summed E-state index contributed by atoms with van der Waals surface area (Å²) in [6, 6.07) is 17.9. The fraction of sp³-hybridized carbons (Fsp3) is 0.0909. The summed E-state index contributed by atoms with van der Waals surface area (Å²) in [6.45, 7) is 1.89. The first-order valence-electron chi connectivity index (χ1n) is 8.93. The first-order valence-corrected chi connectivity index (χ1v) is 8.93. The van der Waals surface area contributed by atoms with Crippen LogP contribution >= 0.6 is 0 Å². The van der Waals surface area contributed by atoms with Crippen LogP contribution in [0.15, 0.2) is 78.2 Å². The lowest BCUT2D eigenvalue weighted by Crippen LogP contribution is -2.20. The molecule has 7 heteroatoms. The highest BCUT2D eigenvalue weighted by molar-refractivity contribution is 5.94. The van der Waals surface area contributed by atoms with Crippen molar-refractivity contribution in [3.63, 3.8) is 0 Å². The van der Waals surface area contributed by atoms with Crippen molar-refractivity contribution in [3.8, 4) is 5.75 Å². The van der Waals surface area contributed by atoms with E-state index in [9.17, 15) is 9.59 Å². The Bertz CT molecular complexity index is 985. The molecule has 2 N–H and O–H groups in total. The van der Waals surface area contributed by atoms with Gasteiger partial charge in [0.15, 0.2) is 6.61 Å². The van der Waals surface area contributed by atoms with Gasteiger partial charge in [-0.2, -0.15) is 5.10 Å². The zero-order valence-corrected chi connectivity index (χ0v) is 15.8. The Morgan fingerprint density at radius 3 is 2.52 bits per heavy atom. The van der Waals surface area contributed by atoms with Gasteiger partial charge in [-0.3, -0.25) is 14.6 Å². The molecule has 1 aromatic heterocycles. The molecule has 0 unspecified atom stereocenters. The minimum absolute atomic E-state index is 0.0948. The van der Waals surface area contributed by atoms with E-state index in [0.717, 1.165) is 16.8 Å². The topological polar surface area (TPSA) is 92.7 Å². The highest BCUT2D eigenvalue weighted by Gasteiger charge is 2.04. The van der Waals surface area contributed by atoms with E-state index >= 15 is 0 Å². The summed E-state index contributed by atoms with van der Waals surface area (Å²) >= 11 is 0. The van der Waals surface area contributed by atoms with E-state index in [1.54, 1.807) is 42.6 Å². The van der Waals surface area contributed by atoms with Crippen LogP contribution in [0.1, 0.15) is 21.5 Å². The van der Waals surface area contributed by atoms with Crippen LogP contribution in [0, 0.1) is 6.92 Å². The van der Waals surface area contributed by atoms with Crippen LogP contribution in [0.4, 0.5) is 5.69 Å². The first-order chi connectivity index (χ1) is 14.1. The second-order valence-electron chi connectivity index (χ2n) is 6.21. The zero-order chi connectivity index (χ0) is 20.5. The number of amides is 2. The number of hydrazone groups is 1.